The maximum Gasteiger partial charge on any atom is 0.279 e. The van der Waals surface area contributed by atoms with Crippen molar-refractivity contribution in [3.8, 4) is 0 Å². The molecule has 25 heavy (non-hydrogen) atoms. The molecule has 1 aromatic carbocycles. The van der Waals surface area contributed by atoms with Gasteiger partial charge >= 0.3 is 0 Å². The zero-order valence-electron chi connectivity index (χ0n) is 12.9. The fourth-order valence-corrected chi connectivity index (χ4v) is 3.34. The third-order valence-electron chi connectivity index (χ3n) is 3.61. The van der Waals surface area contributed by atoms with Crippen LogP contribution in [0.3, 0.4) is 0 Å². The van der Waals surface area contributed by atoms with Gasteiger partial charge in [0.1, 0.15) is 12.4 Å². The van der Waals surface area contributed by atoms with E-state index in [1.165, 1.54) is 45.3 Å². The van der Waals surface area contributed by atoms with Crippen molar-refractivity contribution in [3.05, 3.63) is 47.0 Å². The number of hydrogen-bond donors (Lipinski definition) is 1. The molecule has 0 bridgehead atoms. The SMILES string of the molecule is Cn1cnc2ncn(CC(=O)Nc3nc4ccc(F)cc4s3)c2c1=O. The van der Waals surface area contributed by atoms with Crippen LogP contribution in [0.4, 0.5) is 9.52 Å². The first-order valence-corrected chi connectivity index (χ1v) is 8.05. The van der Waals surface area contributed by atoms with Crippen LogP contribution in [0.25, 0.3) is 21.4 Å². The minimum atomic E-state index is -0.371. The number of amides is 1. The lowest BCUT2D eigenvalue weighted by Gasteiger charge is -2.04. The van der Waals surface area contributed by atoms with Gasteiger partial charge in [0, 0.05) is 7.05 Å². The highest BCUT2D eigenvalue weighted by Crippen LogP contribution is 2.26. The number of imidazole rings is 1. The molecule has 3 heterocycles. The van der Waals surface area contributed by atoms with Crippen LogP contribution < -0.4 is 10.9 Å². The molecule has 0 unspecified atom stereocenters. The van der Waals surface area contributed by atoms with Gasteiger partial charge in [-0.3, -0.25) is 9.59 Å². The number of nitrogens with one attached hydrogen (secondary N) is 1. The van der Waals surface area contributed by atoms with Crippen LogP contribution in [0.2, 0.25) is 0 Å². The van der Waals surface area contributed by atoms with E-state index in [2.05, 4.69) is 20.3 Å². The number of benzene rings is 1. The first-order chi connectivity index (χ1) is 12.0. The van der Waals surface area contributed by atoms with E-state index in [0.717, 1.165) is 0 Å². The quantitative estimate of drug-likeness (QED) is 0.599. The van der Waals surface area contributed by atoms with E-state index < -0.39 is 0 Å². The van der Waals surface area contributed by atoms with Gasteiger partial charge in [-0.15, -0.1) is 0 Å². The van der Waals surface area contributed by atoms with Gasteiger partial charge in [0.15, 0.2) is 16.3 Å². The lowest BCUT2D eigenvalue weighted by molar-refractivity contribution is -0.116. The zero-order chi connectivity index (χ0) is 17.6. The first kappa shape index (κ1) is 15.4. The van der Waals surface area contributed by atoms with Gasteiger partial charge in [0.25, 0.3) is 5.56 Å². The van der Waals surface area contributed by atoms with Crippen molar-refractivity contribution in [2.45, 2.75) is 6.54 Å². The summed E-state index contributed by atoms with van der Waals surface area (Å²) in [5.41, 5.74) is 0.858. The number of hydrogen-bond acceptors (Lipinski definition) is 6. The van der Waals surface area contributed by atoms with Crippen molar-refractivity contribution in [2.75, 3.05) is 5.32 Å². The lowest BCUT2D eigenvalue weighted by atomic mass is 10.3. The van der Waals surface area contributed by atoms with Gasteiger partial charge in [-0.2, -0.15) is 0 Å². The molecule has 0 spiro atoms. The third-order valence-corrected chi connectivity index (χ3v) is 4.54. The second-order valence-electron chi connectivity index (χ2n) is 5.38. The molecule has 1 amide bonds. The molecule has 0 saturated heterocycles. The monoisotopic (exact) mass is 358 g/mol. The molecule has 0 saturated carbocycles. The summed E-state index contributed by atoms with van der Waals surface area (Å²) in [5, 5.41) is 3.02. The van der Waals surface area contributed by atoms with Crippen molar-refractivity contribution in [2.24, 2.45) is 7.05 Å². The van der Waals surface area contributed by atoms with E-state index in [9.17, 15) is 14.0 Å². The van der Waals surface area contributed by atoms with Crippen LogP contribution in [-0.4, -0.2) is 30.0 Å². The highest BCUT2D eigenvalue weighted by Gasteiger charge is 2.14. The van der Waals surface area contributed by atoms with Crippen LogP contribution in [0, 0.1) is 5.82 Å². The van der Waals surface area contributed by atoms with Gasteiger partial charge in [0.05, 0.1) is 22.9 Å². The second kappa shape index (κ2) is 5.74. The van der Waals surface area contributed by atoms with E-state index in [-0.39, 0.29) is 35.0 Å². The second-order valence-corrected chi connectivity index (χ2v) is 6.42. The molecule has 10 heteroatoms. The molecular formula is C15H11FN6O2S. The van der Waals surface area contributed by atoms with Crippen molar-refractivity contribution in [1.82, 2.24) is 24.1 Å². The lowest BCUT2D eigenvalue weighted by Crippen LogP contribution is -2.23. The van der Waals surface area contributed by atoms with E-state index in [0.29, 0.717) is 15.3 Å². The molecule has 8 nitrogen and oxygen atoms in total. The number of aromatic nitrogens is 5. The molecule has 0 fully saturated rings. The molecule has 126 valence electrons. The summed E-state index contributed by atoms with van der Waals surface area (Å²) in [6.45, 7) is -0.109. The number of anilines is 1. The minimum absolute atomic E-state index is 0.109. The Bertz CT molecular complexity index is 1180. The van der Waals surface area contributed by atoms with E-state index in [1.54, 1.807) is 13.1 Å². The standard InChI is InChI=1S/C15H11FN6O2S/c1-21-6-17-13-12(14(21)24)22(7-18-13)5-11(23)20-15-19-9-3-2-8(16)4-10(9)25-15/h2-4,6-7H,5H2,1H3,(H,19,20,23). The number of fused-ring (bicyclic) bond motifs is 2. The maximum atomic E-state index is 13.2. The summed E-state index contributed by atoms with van der Waals surface area (Å²) in [6, 6.07) is 4.23. The predicted octanol–water partition coefficient (Wildman–Crippen LogP) is 1.52. The van der Waals surface area contributed by atoms with Gasteiger partial charge in [-0.05, 0) is 18.2 Å². The fraction of sp³-hybridized carbons (Fsp3) is 0.133. The largest absolute Gasteiger partial charge is 0.315 e. The Kier molecular flexibility index (Phi) is 3.53. The summed E-state index contributed by atoms with van der Waals surface area (Å²) in [5.74, 6) is -0.730. The molecule has 1 N–H and O–H groups in total. The Morgan fingerprint density at radius 2 is 2.12 bits per heavy atom. The fourth-order valence-electron chi connectivity index (χ4n) is 2.43. The average molecular weight is 358 g/mol. The highest BCUT2D eigenvalue weighted by atomic mass is 32.1. The highest BCUT2D eigenvalue weighted by molar-refractivity contribution is 7.22. The predicted molar refractivity (Wildman–Crippen MR) is 91.0 cm³/mol. The van der Waals surface area contributed by atoms with E-state index >= 15 is 0 Å². The Morgan fingerprint density at radius 3 is 2.96 bits per heavy atom. The first-order valence-electron chi connectivity index (χ1n) is 7.23. The zero-order valence-corrected chi connectivity index (χ0v) is 13.7. The van der Waals surface area contributed by atoms with Crippen LogP contribution >= 0.6 is 11.3 Å². The van der Waals surface area contributed by atoms with Crippen molar-refractivity contribution < 1.29 is 9.18 Å². The van der Waals surface area contributed by atoms with Gasteiger partial charge in [-0.1, -0.05) is 11.3 Å². The summed E-state index contributed by atoms with van der Waals surface area (Å²) in [6.07, 6.45) is 2.77. The minimum Gasteiger partial charge on any atom is -0.315 e. The molecule has 0 atom stereocenters. The van der Waals surface area contributed by atoms with Crippen LogP contribution in [-0.2, 0) is 18.4 Å². The van der Waals surface area contributed by atoms with E-state index in [4.69, 9.17) is 0 Å². The summed E-state index contributed by atoms with van der Waals surface area (Å²) in [7, 11) is 1.58. The molecule has 0 aliphatic rings. The van der Waals surface area contributed by atoms with Gasteiger partial charge < -0.3 is 14.5 Å². The summed E-state index contributed by atoms with van der Waals surface area (Å²) in [4.78, 5) is 36.8. The molecule has 0 aliphatic heterocycles. The number of rotatable bonds is 3. The van der Waals surface area contributed by atoms with Crippen LogP contribution in [0.15, 0.2) is 35.6 Å². The smallest absolute Gasteiger partial charge is 0.279 e. The van der Waals surface area contributed by atoms with Gasteiger partial charge in [-0.25, -0.2) is 19.3 Å². The molecule has 0 aliphatic carbocycles. The maximum absolute atomic E-state index is 13.2. The number of thiazole rings is 1. The normalized spacial score (nSPS) is 11.3. The molecule has 4 aromatic rings. The number of nitrogens with zero attached hydrogens (tertiary/aromatic N) is 5. The van der Waals surface area contributed by atoms with E-state index in [1.807, 2.05) is 0 Å². The molecule has 3 aromatic heterocycles. The average Bonchev–Trinajstić information content (AvgIpc) is 3.14. The molecular weight excluding hydrogens is 347 g/mol. The Hall–Kier alpha value is -3.14. The van der Waals surface area contributed by atoms with Crippen molar-refractivity contribution >= 4 is 43.8 Å². The van der Waals surface area contributed by atoms with Gasteiger partial charge in [0.2, 0.25) is 5.91 Å². The van der Waals surface area contributed by atoms with Crippen LogP contribution in [0.5, 0.6) is 0 Å². The molecule has 0 radical (unpaired) electrons. The summed E-state index contributed by atoms with van der Waals surface area (Å²) >= 11 is 1.18. The summed E-state index contributed by atoms with van der Waals surface area (Å²) < 4.78 is 16.6. The third kappa shape index (κ3) is 2.76. The molecule has 4 rings (SSSR count). The van der Waals surface area contributed by atoms with Crippen LogP contribution in [0.1, 0.15) is 0 Å². The Balaban J connectivity index is 1.59. The number of halogens is 1. The van der Waals surface area contributed by atoms with Crippen molar-refractivity contribution in [3.63, 3.8) is 0 Å². The number of carbonyl (C=O) groups is 1. The number of aryl methyl sites for hydroxylation is 1. The number of carbonyl (C=O) groups excluding carboxylic acids is 1. The Labute approximate surface area is 143 Å². The van der Waals surface area contributed by atoms with Crippen molar-refractivity contribution in [1.29, 1.82) is 0 Å². The topological polar surface area (TPSA) is 94.7 Å². The Morgan fingerprint density at radius 1 is 1.32 bits per heavy atom.